The molecule has 0 bridgehead atoms. The second-order valence-electron chi connectivity index (χ2n) is 6.64. The summed E-state index contributed by atoms with van der Waals surface area (Å²) in [6.45, 7) is 5.84. The van der Waals surface area contributed by atoms with Crippen molar-refractivity contribution in [3.05, 3.63) is 17.0 Å². The molecule has 1 amide bonds. The molecule has 0 unspecified atom stereocenters. The highest BCUT2D eigenvalue weighted by Gasteiger charge is 2.33. The van der Waals surface area contributed by atoms with Crippen LogP contribution in [0.5, 0.6) is 0 Å². The Morgan fingerprint density at radius 3 is 2.76 bits per heavy atom. The molecule has 8 nitrogen and oxygen atoms in total. The van der Waals surface area contributed by atoms with Gasteiger partial charge in [-0.2, -0.15) is 0 Å². The van der Waals surface area contributed by atoms with Crippen LogP contribution in [0.1, 0.15) is 42.0 Å². The number of nitrogens with two attached hydrogens (primary N) is 1. The van der Waals surface area contributed by atoms with E-state index in [9.17, 15) is 9.59 Å². The van der Waals surface area contributed by atoms with E-state index in [1.165, 1.54) is 23.1 Å². The zero-order valence-electron chi connectivity index (χ0n) is 14.1. The Morgan fingerprint density at radius 1 is 1.32 bits per heavy atom. The van der Waals surface area contributed by atoms with Gasteiger partial charge in [0.05, 0.1) is 22.7 Å². The number of nitrogens with one attached hydrogen (secondary N) is 1. The molecule has 2 heterocycles. The molecular weight excluding hydrogens is 360 g/mol. The van der Waals surface area contributed by atoms with Crippen molar-refractivity contribution in [3.63, 3.8) is 0 Å². The van der Waals surface area contributed by atoms with Crippen LogP contribution in [0.2, 0.25) is 0 Å². The third-order valence-electron chi connectivity index (χ3n) is 3.73. The van der Waals surface area contributed by atoms with Crippen LogP contribution < -0.4 is 11.1 Å². The maximum absolute atomic E-state index is 12.3. The van der Waals surface area contributed by atoms with Gasteiger partial charge in [-0.25, -0.2) is 9.97 Å². The topological polar surface area (TPSA) is 124 Å². The number of aromatic nitrogens is 4. The first kappa shape index (κ1) is 17.7. The minimum atomic E-state index is -0.250. The summed E-state index contributed by atoms with van der Waals surface area (Å²) in [5.41, 5.74) is 7.27. The summed E-state index contributed by atoms with van der Waals surface area (Å²) in [6, 6.07) is 0. The first-order chi connectivity index (χ1) is 11.7. The molecule has 0 fully saturated rings. The molecule has 10 heteroatoms. The summed E-state index contributed by atoms with van der Waals surface area (Å²) < 4.78 is 0.627. The SMILES string of the molecule is Cc1nc(NC(=O)CSc2nnc(N)s2)nc2c1C(=O)CC(C)(C)C2. The smallest absolute Gasteiger partial charge is 0.237 e. The van der Waals surface area contributed by atoms with Crippen molar-refractivity contribution >= 4 is 45.9 Å². The van der Waals surface area contributed by atoms with E-state index in [4.69, 9.17) is 5.73 Å². The molecule has 2 aromatic heterocycles. The molecule has 1 aliphatic carbocycles. The number of hydrogen-bond acceptors (Lipinski definition) is 9. The minimum Gasteiger partial charge on any atom is -0.374 e. The maximum atomic E-state index is 12.3. The second kappa shape index (κ2) is 6.68. The van der Waals surface area contributed by atoms with Gasteiger partial charge in [-0.1, -0.05) is 36.9 Å². The van der Waals surface area contributed by atoms with Gasteiger partial charge in [0, 0.05) is 6.42 Å². The summed E-state index contributed by atoms with van der Waals surface area (Å²) >= 11 is 2.47. The third-order valence-corrected chi connectivity index (χ3v) is 5.61. The number of fused-ring (bicyclic) bond motifs is 1. The maximum Gasteiger partial charge on any atom is 0.237 e. The molecule has 0 atom stereocenters. The predicted molar refractivity (Wildman–Crippen MR) is 96.9 cm³/mol. The lowest BCUT2D eigenvalue weighted by Gasteiger charge is -2.30. The van der Waals surface area contributed by atoms with Crippen molar-refractivity contribution in [2.75, 3.05) is 16.8 Å². The summed E-state index contributed by atoms with van der Waals surface area (Å²) in [5, 5.41) is 10.6. The average molecular weight is 378 g/mol. The number of rotatable bonds is 4. The van der Waals surface area contributed by atoms with Crippen LogP contribution in [0.25, 0.3) is 0 Å². The standard InChI is InChI=1S/C15H18N6O2S2/c1-7-11-8(4-15(2,3)5-9(11)22)18-13(17-7)19-10(23)6-24-14-21-20-12(16)25-14/h4-6H2,1-3H3,(H2,16,20)(H,17,18,19,23). The Kier molecular flexibility index (Phi) is 4.74. The van der Waals surface area contributed by atoms with Gasteiger partial charge >= 0.3 is 0 Å². The molecule has 0 radical (unpaired) electrons. The Morgan fingerprint density at radius 2 is 2.08 bits per heavy atom. The summed E-state index contributed by atoms with van der Waals surface area (Å²) in [4.78, 5) is 33.1. The van der Waals surface area contributed by atoms with Crippen LogP contribution >= 0.6 is 23.1 Å². The lowest BCUT2D eigenvalue weighted by molar-refractivity contribution is -0.113. The van der Waals surface area contributed by atoms with Crippen LogP contribution in [0, 0.1) is 12.3 Å². The zero-order valence-corrected chi connectivity index (χ0v) is 15.8. The number of carbonyl (C=O) groups is 2. The number of amides is 1. The molecule has 3 rings (SSSR count). The van der Waals surface area contributed by atoms with Crippen LogP contribution in [0.3, 0.4) is 0 Å². The van der Waals surface area contributed by atoms with E-state index in [-0.39, 0.29) is 28.8 Å². The number of hydrogen-bond donors (Lipinski definition) is 2. The Labute approximate surface area is 153 Å². The van der Waals surface area contributed by atoms with Crippen LogP contribution in [0.4, 0.5) is 11.1 Å². The molecule has 3 N–H and O–H groups in total. The molecule has 0 aliphatic heterocycles. The van der Waals surface area contributed by atoms with Gasteiger partial charge in [-0.05, 0) is 18.8 Å². The summed E-state index contributed by atoms with van der Waals surface area (Å²) in [5.74, 6) is 0.188. The number of carbonyl (C=O) groups excluding carboxylic acids is 2. The summed E-state index contributed by atoms with van der Waals surface area (Å²) in [7, 11) is 0. The summed E-state index contributed by atoms with van der Waals surface area (Å²) in [6.07, 6.45) is 1.16. The van der Waals surface area contributed by atoms with E-state index < -0.39 is 0 Å². The minimum absolute atomic E-state index is 0.0611. The molecule has 0 saturated carbocycles. The van der Waals surface area contributed by atoms with Crippen molar-refractivity contribution in [2.45, 2.75) is 38.0 Å². The van der Waals surface area contributed by atoms with Gasteiger partial charge in [0.25, 0.3) is 0 Å². The van der Waals surface area contributed by atoms with Gasteiger partial charge < -0.3 is 5.73 Å². The van der Waals surface area contributed by atoms with Crippen LogP contribution in [-0.4, -0.2) is 37.6 Å². The van der Waals surface area contributed by atoms with Gasteiger partial charge in [-0.3, -0.25) is 14.9 Å². The molecular formula is C15H18N6O2S2. The van der Waals surface area contributed by atoms with Crippen molar-refractivity contribution in [3.8, 4) is 0 Å². The molecule has 132 valence electrons. The van der Waals surface area contributed by atoms with Crippen molar-refractivity contribution < 1.29 is 9.59 Å². The van der Waals surface area contributed by atoms with Gasteiger partial charge in [0.15, 0.2) is 10.1 Å². The van der Waals surface area contributed by atoms with E-state index in [0.717, 1.165) is 0 Å². The number of thioether (sulfide) groups is 1. The fourth-order valence-electron chi connectivity index (χ4n) is 2.78. The van der Waals surface area contributed by atoms with E-state index >= 15 is 0 Å². The first-order valence-corrected chi connectivity index (χ1v) is 9.46. The number of aryl methyl sites for hydroxylation is 1. The average Bonchev–Trinajstić information content (AvgIpc) is 2.88. The number of Topliss-reactive ketones (excluding diaryl/α,β-unsaturated/α-hetero) is 1. The molecule has 0 saturated heterocycles. The second-order valence-corrected chi connectivity index (χ2v) is 8.87. The zero-order chi connectivity index (χ0) is 18.2. The fraction of sp³-hybridized carbons (Fsp3) is 0.467. The molecule has 0 spiro atoms. The Balaban J connectivity index is 1.72. The number of nitrogens with zero attached hydrogens (tertiary/aromatic N) is 4. The molecule has 2 aromatic rings. The monoisotopic (exact) mass is 378 g/mol. The van der Waals surface area contributed by atoms with Crippen molar-refractivity contribution in [2.24, 2.45) is 5.41 Å². The largest absolute Gasteiger partial charge is 0.374 e. The highest BCUT2D eigenvalue weighted by molar-refractivity contribution is 8.01. The van der Waals surface area contributed by atoms with E-state index in [1.54, 1.807) is 6.92 Å². The van der Waals surface area contributed by atoms with Crippen LogP contribution in [0.15, 0.2) is 4.34 Å². The fourth-order valence-corrected chi connectivity index (χ4v) is 4.22. The highest BCUT2D eigenvalue weighted by Crippen LogP contribution is 2.35. The lowest BCUT2D eigenvalue weighted by atomic mass is 9.75. The van der Waals surface area contributed by atoms with Crippen molar-refractivity contribution in [1.29, 1.82) is 0 Å². The van der Waals surface area contributed by atoms with Crippen molar-refractivity contribution in [1.82, 2.24) is 20.2 Å². The molecule has 25 heavy (non-hydrogen) atoms. The van der Waals surface area contributed by atoms with Crippen LogP contribution in [-0.2, 0) is 11.2 Å². The number of nitrogen functional groups attached to an aromatic ring is 1. The van der Waals surface area contributed by atoms with Gasteiger partial charge in [0.2, 0.25) is 17.0 Å². The normalized spacial score (nSPS) is 15.7. The number of ketones is 1. The highest BCUT2D eigenvalue weighted by atomic mass is 32.2. The predicted octanol–water partition coefficient (Wildman–Crippen LogP) is 2.10. The lowest BCUT2D eigenvalue weighted by Crippen LogP contribution is -2.30. The van der Waals surface area contributed by atoms with Gasteiger partial charge in [-0.15, -0.1) is 10.2 Å². The Bertz CT molecular complexity index is 849. The first-order valence-electron chi connectivity index (χ1n) is 7.66. The third kappa shape index (κ3) is 4.13. The van der Waals surface area contributed by atoms with E-state index in [2.05, 4.69) is 25.5 Å². The molecule has 1 aliphatic rings. The van der Waals surface area contributed by atoms with Gasteiger partial charge in [0.1, 0.15) is 0 Å². The van der Waals surface area contributed by atoms with E-state index in [1.807, 2.05) is 13.8 Å². The Hall–Kier alpha value is -2.07. The molecule has 0 aromatic carbocycles. The number of anilines is 2. The quantitative estimate of drug-likeness (QED) is 0.775. The van der Waals surface area contributed by atoms with E-state index in [0.29, 0.717) is 39.3 Å².